The molecule has 3 aliphatic heterocycles. The lowest BCUT2D eigenvalue weighted by Crippen LogP contribution is -2.65. The number of ether oxygens (including phenoxy) is 6. The zero-order valence-electron chi connectivity index (χ0n) is 25.8. The summed E-state index contributed by atoms with van der Waals surface area (Å²) in [6, 6.07) is 17.4. The van der Waals surface area contributed by atoms with E-state index >= 15 is 0 Å². The maximum Gasteiger partial charge on any atom is 0.328 e. The highest BCUT2D eigenvalue weighted by Crippen LogP contribution is 2.44. The number of hydrogen-bond donors (Lipinski definition) is 2. The molecule has 2 aromatic carbocycles. The highest BCUT2D eigenvalue weighted by atomic mass is 16.9. The third-order valence-corrected chi connectivity index (χ3v) is 7.70. The normalized spacial score (nSPS) is 28.5. The van der Waals surface area contributed by atoms with E-state index in [0.29, 0.717) is 13.0 Å². The Bertz CT molecular complexity index is 1240. The molecule has 10 nitrogen and oxygen atoms in total. The number of amides is 1. The molecule has 7 atom stereocenters. The summed E-state index contributed by atoms with van der Waals surface area (Å²) in [4.78, 5) is 27.5. The van der Waals surface area contributed by atoms with E-state index in [0.717, 1.165) is 11.1 Å². The van der Waals surface area contributed by atoms with Crippen molar-refractivity contribution < 1.29 is 38.0 Å². The topological polar surface area (TPSA) is 114 Å². The van der Waals surface area contributed by atoms with Gasteiger partial charge in [-0.3, -0.25) is 10.1 Å². The smallest absolute Gasteiger partial charge is 0.328 e. The highest BCUT2D eigenvalue weighted by Gasteiger charge is 2.62. The molecule has 3 heterocycles. The molecule has 43 heavy (non-hydrogen) atoms. The van der Waals surface area contributed by atoms with Gasteiger partial charge in [0.25, 0.3) is 0 Å². The third-order valence-electron chi connectivity index (χ3n) is 7.70. The molecular formula is C33H44N2O8. The van der Waals surface area contributed by atoms with Crippen LogP contribution in [0, 0.1) is 5.92 Å². The minimum absolute atomic E-state index is 0.117. The van der Waals surface area contributed by atoms with Gasteiger partial charge in [0.05, 0.1) is 0 Å². The first-order chi connectivity index (χ1) is 20.4. The van der Waals surface area contributed by atoms with Gasteiger partial charge in [-0.05, 0) is 51.2 Å². The van der Waals surface area contributed by atoms with Crippen LogP contribution in [0.2, 0.25) is 0 Å². The number of carbonyl (C=O) groups excluding carboxylic acids is 2. The quantitative estimate of drug-likeness (QED) is 0.374. The zero-order valence-corrected chi connectivity index (χ0v) is 25.8. The van der Waals surface area contributed by atoms with Gasteiger partial charge in [-0.2, -0.15) is 0 Å². The van der Waals surface area contributed by atoms with Gasteiger partial charge in [0, 0.05) is 6.54 Å². The molecule has 0 saturated carbocycles. The molecule has 2 N–H and O–H groups in total. The molecular weight excluding hydrogens is 552 g/mol. The Morgan fingerprint density at radius 1 is 0.814 bits per heavy atom. The second kappa shape index (κ2) is 13.0. The molecule has 0 bridgehead atoms. The average Bonchev–Trinajstić information content (AvgIpc) is 3.46. The maximum atomic E-state index is 14.2. The van der Waals surface area contributed by atoms with Gasteiger partial charge in [0.15, 0.2) is 17.9 Å². The number of carbonyl (C=O) groups is 2. The van der Waals surface area contributed by atoms with Crippen LogP contribution >= 0.6 is 0 Å². The second-order valence-corrected chi connectivity index (χ2v) is 12.8. The Labute approximate surface area is 253 Å². The lowest BCUT2D eigenvalue weighted by molar-refractivity contribution is -0.239. The van der Waals surface area contributed by atoms with Gasteiger partial charge in [-0.1, -0.05) is 74.5 Å². The lowest BCUT2D eigenvalue weighted by Gasteiger charge is -2.40. The molecule has 3 aliphatic rings. The van der Waals surface area contributed by atoms with Crippen LogP contribution in [0.3, 0.4) is 0 Å². The number of nitrogens with one attached hydrogen (secondary N) is 2. The van der Waals surface area contributed by atoms with E-state index in [1.54, 1.807) is 0 Å². The van der Waals surface area contributed by atoms with Crippen LogP contribution in [0.1, 0.15) is 59.1 Å². The summed E-state index contributed by atoms with van der Waals surface area (Å²) < 4.78 is 37.0. The van der Waals surface area contributed by atoms with Crippen molar-refractivity contribution in [1.82, 2.24) is 10.6 Å². The van der Waals surface area contributed by atoms with Crippen molar-refractivity contribution >= 4 is 11.9 Å². The monoisotopic (exact) mass is 596 g/mol. The van der Waals surface area contributed by atoms with Crippen molar-refractivity contribution in [2.45, 2.75) is 115 Å². The van der Waals surface area contributed by atoms with Crippen LogP contribution < -0.4 is 10.6 Å². The second-order valence-electron chi connectivity index (χ2n) is 12.8. The van der Waals surface area contributed by atoms with Crippen molar-refractivity contribution in [2.75, 3.05) is 0 Å². The van der Waals surface area contributed by atoms with E-state index in [1.807, 2.05) is 102 Å². The van der Waals surface area contributed by atoms with Crippen LogP contribution in [-0.2, 0) is 51.2 Å². The fraction of sp³-hybridized carbons (Fsp3) is 0.576. The molecule has 1 amide bonds. The summed E-state index contributed by atoms with van der Waals surface area (Å²) in [6.45, 7) is 11.8. The average molecular weight is 597 g/mol. The third kappa shape index (κ3) is 7.81. The van der Waals surface area contributed by atoms with Crippen LogP contribution in [0.25, 0.3) is 0 Å². The van der Waals surface area contributed by atoms with E-state index in [2.05, 4.69) is 10.6 Å². The standard InChI is InChI=1S/C33H44N2O8/c1-20(2)17-23(30(37)38-19-22-15-11-8-12-16-22)35-29(36)24(34-18-21-13-9-7-10-14-21)25-26-27(41-32(3,4)40-26)28-31(39-25)43-33(5,6)42-28/h7-16,20,23-28,31,34H,17-19H2,1-6H3,(H,35,36)/t23-,24+,25+,26-,27-,28+,31+/m0/s1. The summed E-state index contributed by atoms with van der Waals surface area (Å²) in [5, 5.41) is 6.35. The molecule has 0 unspecified atom stereocenters. The summed E-state index contributed by atoms with van der Waals surface area (Å²) in [6.07, 6.45) is -2.87. The first-order valence-corrected chi connectivity index (χ1v) is 15.1. The molecule has 3 saturated heterocycles. The number of fused-ring (bicyclic) bond motifs is 3. The number of esters is 1. The Kier molecular flexibility index (Phi) is 9.55. The van der Waals surface area contributed by atoms with Crippen molar-refractivity contribution in [3.8, 4) is 0 Å². The van der Waals surface area contributed by atoms with Crippen molar-refractivity contribution in [1.29, 1.82) is 0 Å². The molecule has 234 valence electrons. The molecule has 2 aromatic rings. The summed E-state index contributed by atoms with van der Waals surface area (Å²) in [5.74, 6) is -2.60. The van der Waals surface area contributed by atoms with Gasteiger partial charge in [-0.15, -0.1) is 0 Å². The largest absolute Gasteiger partial charge is 0.459 e. The Balaban J connectivity index is 1.39. The van der Waals surface area contributed by atoms with Gasteiger partial charge < -0.3 is 33.7 Å². The first-order valence-electron chi connectivity index (χ1n) is 15.1. The van der Waals surface area contributed by atoms with Crippen LogP contribution in [0.15, 0.2) is 60.7 Å². The van der Waals surface area contributed by atoms with E-state index in [4.69, 9.17) is 28.4 Å². The Morgan fingerprint density at radius 2 is 1.40 bits per heavy atom. The number of rotatable bonds is 11. The van der Waals surface area contributed by atoms with Crippen molar-refractivity contribution in [2.24, 2.45) is 5.92 Å². The minimum Gasteiger partial charge on any atom is -0.459 e. The molecule has 10 heteroatoms. The highest BCUT2D eigenvalue weighted by molar-refractivity contribution is 5.88. The van der Waals surface area contributed by atoms with Crippen molar-refractivity contribution in [3.63, 3.8) is 0 Å². The van der Waals surface area contributed by atoms with E-state index < -0.39 is 66.2 Å². The van der Waals surface area contributed by atoms with Gasteiger partial charge >= 0.3 is 5.97 Å². The SMILES string of the molecule is CC(C)C[C@H](NC(=O)[C@H](NCc1ccccc1)[C@H]1O[C@@H]2OC(C)(C)O[C@@H]2[C@H]2OC(C)(C)O[C@H]21)C(=O)OCc1ccccc1. The van der Waals surface area contributed by atoms with E-state index in [1.165, 1.54) is 0 Å². The Morgan fingerprint density at radius 3 is 2.05 bits per heavy atom. The van der Waals surface area contributed by atoms with E-state index in [9.17, 15) is 9.59 Å². The van der Waals surface area contributed by atoms with Crippen LogP contribution in [-0.4, -0.2) is 66.2 Å². The predicted molar refractivity (Wildman–Crippen MR) is 157 cm³/mol. The first kappa shape index (κ1) is 31.6. The zero-order chi connectivity index (χ0) is 30.8. The summed E-state index contributed by atoms with van der Waals surface area (Å²) in [7, 11) is 0. The van der Waals surface area contributed by atoms with Crippen molar-refractivity contribution in [3.05, 3.63) is 71.8 Å². The lowest BCUT2D eigenvalue weighted by atomic mass is 9.93. The predicted octanol–water partition coefficient (Wildman–Crippen LogP) is 3.82. The maximum absolute atomic E-state index is 14.2. The van der Waals surface area contributed by atoms with E-state index in [-0.39, 0.29) is 12.5 Å². The van der Waals surface area contributed by atoms with Gasteiger partial charge in [-0.25, -0.2) is 4.79 Å². The molecule has 0 spiro atoms. The van der Waals surface area contributed by atoms with Gasteiger partial charge in [0.2, 0.25) is 5.91 Å². The molecule has 3 fully saturated rings. The fourth-order valence-electron chi connectivity index (χ4n) is 5.87. The van der Waals surface area contributed by atoms with Crippen LogP contribution in [0.4, 0.5) is 0 Å². The van der Waals surface area contributed by atoms with Gasteiger partial charge in [0.1, 0.15) is 43.1 Å². The molecule has 0 radical (unpaired) electrons. The summed E-state index contributed by atoms with van der Waals surface area (Å²) >= 11 is 0. The molecule has 0 aliphatic carbocycles. The Hall–Kier alpha value is -2.86. The number of hydrogen-bond acceptors (Lipinski definition) is 9. The fourth-order valence-corrected chi connectivity index (χ4v) is 5.87. The summed E-state index contributed by atoms with van der Waals surface area (Å²) in [5.41, 5.74) is 1.85. The molecule has 5 rings (SSSR count). The minimum atomic E-state index is -0.927. The van der Waals surface area contributed by atoms with Crippen LogP contribution in [0.5, 0.6) is 0 Å². The molecule has 0 aromatic heterocycles. The number of benzene rings is 2.